The van der Waals surface area contributed by atoms with Gasteiger partial charge in [0.1, 0.15) is 0 Å². The molecule has 2 nitrogen and oxygen atoms in total. The first-order chi connectivity index (χ1) is 31.9. The maximum atomic E-state index is 2.57. The Labute approximate surface area is 392 Å². The molecule has 0 saturated carbocycles. The lowest BCUT2D eigenvalue weighted by molar-refractivity contribution is 0.875. The molecule has 0 heterocycles. The van der Waals surface area contributed by atoms with Gasteiger partial charge in [-0.15, -0.1) is 0 Å². The normalized spacial score (nSPS) is 11.8. The first-order valence-corrected chi connectivity index (χ1v) is 23.7. The lowest BCUT2D eigenvalue weighted by Gasteiger charge is -2.34. The molecule has 0 spiro atoms. The van der Waals surface area contributed by atoms with E-state index in [-0.39, 0.29) is 11.8 Å². The molecule has 0 unspecified atom stereocenters. The summed E-state index contributed by atoms with van der Waals surface area (Å²) < 4.78 is 0. The van der Waals surface area contributed by atoms with Crippen LogP contribution in [0.3, 0.4) is 0 Å². The minimum absolute atomic E-state index is 0.283. The maximum absolute atomic E-state index is 2.57. The van der Waals surface area contributed by atoms with Crippen LogP contribution in [0.4, 0.5) is 34.1 Å². The summed E-state index contributed by atoms with van der Waals surface area (Å²) >= 11 is 0. The van der Waals surface area contributed by atoms with E-state index in [0.717, 1.165) is 11.4 Å². The molecule has 2 heteroatoms. The molecule has 326 valence electrons. The molecule has 10 aromatic carbocycles. The Bertz CT molecular complexity index is 3170. The van der Waals surface area contributed by atoms with Gasteiger partial charge in [0.25, 0.3) is 0 Å². The first-order valence-electron chi connectivity index (χ1n) is 23.7. The zero-order valence-electron chi connectivity index (χ0n) is 40.2. The van der Waals surface area contributed by atoms with Gasteiger partial charge in [-0.25, -0.2) is 0 Å². The highest BCUT2D eigenvalue weighted by molar-refractivity contribution is 6.29. The topological polar surface area (TPSA) is 6.48 Å². The molecular formula is C64H60N2. The van der Waals surface area contributed by atoms with Crippen molar-refractivity contribution in [2.45, 2.75) is 81.1 Å². The summed E-state index contributed by atoms with van der Waals surface area (Å²) in [6, 6.07) is 63.9. The Hall–Kier alpha value is -7.16. The van der Waals surface area contributed by atoms with Crippen molar-refractivity contribution >= 4 is 66.4 Å². The van der Waals surface area contributed by atoms with E-state index in [0.29, 0.717) is 0 Å². The van der Waals surface area contributed by atoms with E-state index < -0.39 is 0 Å². The highest BCUT2D eigenvalue weighted by Crippen LogP contribution is 2.53. The van der Waals surface area contributed by atoms with Crippen molar-refractivity contribution in [3.63, 3.8) is 0 Å². The fourth-order valence-corrected chi connectivity index (χ4v) is 10.7. The summed E-state index contributed by atoms with van der Waals surface area (Å²) in [5.74, 6) is 0.565. The Kier molecular flexibility index (Phi) is 11.0. The Balaban J connectivity index is 1.33. The predicted octanol–water partition coefficient (Wildman–Crippen LogP) is 19.0. The standard InChI is InChI=1S/C64H60N2/c1-39(2)57-37-59(65(49-27-21-41(5)22-28-49)63-43(7)25-31-51(45(63)9)47-17-13-11-14-18-47)55-36-34-54-58(40(3)4)38-60(56-35-33-53(57)61(55)62(54)56)66(50-29-23-42(6)24-30-50)64-44(8)26-32-52(46(64)10)48-19-15-12-16-20-48/h11-40H,1-10H3. The Morgan fingerprint density at radius 3 is 1.05 bits per heavy atom. The van der Waals surface area contributed by atoms with E-state index in [1.165, 1.54) is 122 Å². The second-order valence-electron chi connectivity index (χ2n) is 19.2. The summed E-state index contributed by atoms with van der Waals surface area (Å²) in [4.78, 5) is 5.14. The van der Waals surface area contributed by atoms with Crippen LogP contribution in [-0.4, -0.2) is 0 Å². The molecule has 0 aliphatic rings. The summed E-state index contributed by atoms with van der Waals surface area (Å²) in [7, 11) is 0. The quantitative estimate of drug-likeness (QED) is 0.126. The SMILES string of the molecule is Cc1ccc(N(c2c(C)ccc(-c3ccccc3)c2C)c2cc(C(C)C)c3ccc4c(N(c5ccc(C)cc5)c5c(C)ccc(-c6ccccc6)c5C)cc(C(C)C)c5ccc2c3c54)cc1. The molecule has 0 aromatic heterocycles. The van der Waals surface area contributed by atoms with Crippen LogP contribution in [0, 0.1) is 41.5 Å². The van der Waals surface area contributed by atoms with Crippen molar-refractivity contribution < 1.29 is 0 Å². The number of hydrogen-bond acceptors (Lipinski definition) is 2. The average Bonchev–Trinajstić information content (AvgIpc) is 3.32. The summed E-state index contributed by atoms with van der Waals surface area (Å²) in [6.45, 7) is 22.9. The molecular weight excluding hydrogens is 797 g/mol. The van der Waals surface area contributed by atoms with Gasteiger partial charge in [-0.1, -0.05) is 172 Å². The number of nitrogens with zero attached hydrogens (tertiary/aromatic N) is 2. The van der Waals surface area contributed by atoms with Crippen LogP contribution in [0.1, 0.15) is 84.0 Å². The average molecular weight is 857 g/mol. The van der Waals surface area contributed by atoms with E-state index >= 15 is 0 Å². The van der Waals surface area contributed by atoms with Crippen LogP contribution in [0.25, 0.3) is 54.6 Å². The van der Waals surface area contributed by atoms with Gasteiger partial charge < -0.3 is 9.80 Å². The van der Waals surface area contributed by atoms with E-state index in [2.05, 4.69) is 249 Å². The van der Waals surface area contributed by atoms with Crippen molar-refractivity contribution in [2.24, 2.45) is 0 Å². The van der Waals surface area contributed by atoms with Crippen LogP contribution in [0.2, 0.25) is 0 Å². The minimum Gasteiger partial charge on any atom is -0.309 e. The molecule has 0 radical (unpaired) electrons. The first kappa shape index (κ1) is 42.8. The van der Waals surface area contributed by atoms with Gasteiger partial charge in [0.2, 0.25) is 0 Å². The summed E-state index contributed by atoms with van der Waals surface area (Å²) in [5, 5.41) is 7.82. The van der Waals surface area contributed by atoms with Gasteiger partial charge in [-0.2, -0.15) is 0 Å². The zero-order chi connectivity index (χ0) is 46.0. The largest absolute Gasteiger partial charge is 0.309 e. The molecule has 0 saturated heterocycles. The van der Waals surface area contributed by atoms with Gasteiger partial charge in [-0.05, 0) is 167 Å². The number of anilines is 6. The summed E-state index contributed by atoms with van der Waals surface area (Å²) in [5.41, 5.74) is 22.3. The van der Waals surface area contributed by atoms with E-state index in [4.69, 9.17) is 0 Å². The van der Waals surface area contributed by atoms with Crippen molar-refractivity contribution in [1.29, 1.82) is 0 Å². The molecule has 0 aliphatic heterocycles. The third-order valence-corrected chi connectivity index (χ3v) is 14.1. The number of hydrogen-bond donors (Lipinski definition) is 0. The van der Waals surface area contributed by atoms with Crippen LogP contribution in [-0.2, 0) is 0 Å². The van der Waals surface area contributed by atoms with E-state index in [1.54, 1.807) is 0 Å². The molecule has 0 fully saturated rings. The van der Waals surface area contributed by atoms with Gasteiger partial charge in [0.15, 0.2) is 0 Å². The van der Waals surface area contributed by atoms with Gasteiger partial charge >= 0.3 is 0 Å². The molecule has 0 aliphatic carbocycles. The molecule has 0 N–H and O–H groups in total. The van der Waals surface area contributed by atoms with Crippen molar-refractivity contribution in [3.05, 3.63) is 214 Å². The van der Waals surface area contributed by atoms with Gasteiger partial charge in [0.05, 0.1) is 22.7 Å². The third kappa shape index (κ3) is 7.20. The second kappa shape index (κ2) is 17.0. The monoisotopic (exact) mass is 856 g/mol. The van der Waals surface area contributed by atoms with Gasteiger partial charge in [-0.3, -0.25) is 0 Å². The number of aryl methyl sites for hydroxylation is 4. The van der Waals surface area contributed by atoms with E-state index in [9.17, 15) is 0 Å². The Morgan fingerprint density at radius 2 is 0.697 bits per heavy atom. The van der Waals surface area contributed by atoms with Crippen LogP contribution < -0.4 is 9.80 Å². The van der Waals surface area contributed by atoms with Crippen LogP contribution in [0.5, 0.6) is 0 Å². The van der Waals surface area contributed by atoms with Gasteiger partial charge in [0, 0.05) is 22.1 Å². The lowest BCUT2D eigenvalue weighted by atomic mass is 9.83. The second-order valence-corrected chi connectivity index (χ2v) is 19.2. The zero-order valence-corrected chi connectivity index (χ0v) is 40.2. The minimum atomic E-state index is 0.283. The smallest absolute Gasteiger partial charge is 0.0543 e. The lowest BCUT2D eigenvalue weighted by Crippen LogP contribution is -2.16. The van der Waals surface area contributed by atoms with Crippen molar-refractivity contribution in [2.75, 3.05) is 9.80 Å². The third-order valence-electron chi connectivity index (χ3n) is 14.1. The maximum Gasteiger partial charge on any atom is 0.0543 e. The number of rotatable bonds is 10. The van der Waals surface area contributed by atoms with Crippen LogP contribution >= 0.6 is 0 Å². The highest BCUT2D eigenvalue weighted by Gasteiger charge is 2.28. The number of benzene rings is 10. The molecule has 0 atom stereocenters. The highest BCUT2D eigenvalue weighted by atomic mass is 15.2. The molecule has 0 amide bonds. The molecule has 66 heavy (non-hydrogen) atoms. The van der Waals surface area contributed by atoms with E-state index in [1.807, 2.05) is 0 Å². The molecule has 10 rings (SSSR count). The molecule has 10 aromatic rings. The molecule has 0 bridgehead atoms. The Morgan fingerprint density at radius 1 is 0.348 bits per heavy atom. The van der Waals surface area contributed by atoms with Crippen LogP contribution in [0.15, 0.2) is 170 Å². The van der Waals surface area contributed by atoms with Crippen molar-refractivity contribution in [1.82, 2.24) is 0 Å². The van der Waals surface area contributed by atoms with Crippen molar-refractivity contribution in [3.8, 4) is 22.3 Å². The predicted molar refractivity (Wildman–Crippen MR) is 287 cm³/mol. The fraction of sp³-hybridized carbons (Fsp3) is 0.188. The fourth-order valence-electron chi connectivity index (χ4n) is 10.7. The summed E-state index contributed by atoms with van der Waals surface area (Å²) in [6.07, 6.45) is 0.